The lowest BCUT2D eigenvalue weighted by atomic mass is 9.95. The highest BCUT2D eigenvalue weighted by Gasteiger charge is 2.45. The lowest BCUT2D eigenvalue weighted by molar-refractivity contribution is -0.384. The summed E-state index contributed by atoms with van der Waals surface area (Å²) in [6, 6.07) is 21.1. The summed E-state index contributed by atoms with van der Waals surface area (Å²) in [7, 11) is 0. The topological polar surface area (TPSA) is 101 Å². The summed E-state index contributed by atoms with van der Waals surface area (Å²) in [6.07, 6.45) is 0.510. The van der Waals surface area contributed by atoms with Crippen LogP contribution in [0.4, 0.5) is 5.69 Å². The number of nitro benzene ring substituents is 1. The minimum absolute atomic E-state index is 0.0377. The predicted molar refractivity (Wildman–Crippen MR) is 126 cm³/mol. The number of likely N-dealkylation sites (tertiary alicyclic amines) is 1. The van der Waals surface area contributed by atoms with E-state index in [0.29, 0.717) is 17.5 Å². The molecule has 1 amide bonds. The van der Waals surface area contributed by atoms with E-state index in [1.165, 1.54) is 29.2 Å². The Hall–Kier alpha value is -3.78. The second-order valence-electron chi connectivity index (χ2n) is 7.58. The fourth-order valence-electron chi connectivity index (χ4n) is 3.89. The average Bonchev–Trinajstić information content (AvgIpc) is 3.08. The van der Waals surface area contributed by atoms with Crippen LogP contribution in [0.1, 0.15) is 22.7 Å². The molecule has 7 nitrogen and oxygen atoms in total. The van der Waals surface area contributed by atoms with Crippen molar-refractivity contribution in [1.29, 1.82) is 0 Å². The van der Waals surface area contributed by atoms with Crippen molar-refractivity contribution in [3.05, 3.63) is 116 Å². The molecule has 1 aliphatic rings. The van der Waals surface area contributed by atoms with Crippen LogP contribution in [0.25, 0.3) is 5.76 Å². The van der Waals surface area contributed by atoms with Crippen molar-refractivity contribution < 1.29 is 19.6 Å². The van der Waals surface area contributed by atoms with Crippen molar-refractivity contribution in [2.75, 3.05) is 6.54 Å². The third kappa shape index (κ3) is 4.56. The number of halogens is 1. The Morgan fingerprint density at radius 1 is 0.970 bits per heavy atom. The van der Waals surface area contributed by atoms with Gasteiger partial charge in [-0.2, -0.15) is 0 Å². The van der Waals surface area contributed by atoms with Gasteiger partial charge in [0.1, 0.15) is 5.76 Å². The quantitative estimate of drug-likeness (QED) is 0.166. The molecular formula is C25H19BrN2O5. The van der Waals surface area contributed by atoms with Gasteiger partial charge in [0, 0.05) is 28.7 Å². The number of Topliss-reactive ketones (excluding diaryl/α,β-unsaturated/α-hetero) is 1. The first-order valence-electron chi connectivity index (χ1n) is 10.2. The summed E-state index contributed by atoms with van der Waals surface area (Å²) in [5.74, 6) is -1.79. The number of ketones is 1. The Balaban J connectivity index is 1.79. The number of benzene rings is 3. The first-order chi connectivity index (χ1) is 15.9. The number of amides is 1. The zero-order valence-corrected chi connectivity index (χ0v) is 18.9. The van der Waals surface area contributed by atoms with Gasteiger partial charge in [-0.3, -0.25) is 19.7 Å². The Morgan fingerprint density at radius 3 is 2.21 bits per heavy atom. The molecule has 166 valence electrons. The van der Waals surface area contributed by atoms with Crippen molar-refractivity contribution in [2.24, 2.45) is 0 Å². The van der Waals surface area contributed by atoms with Gasteiger partial charge in [-0.05, 0) is 41.8 Å². The predicted octanol–water partition coefficient (Wildman–Crippen LogP) is 5.02. The summed E-state index contributed by atoms with van der Waals surface area (Å²) in [4.78, 5) is 38.0. The number of hydrogen-bond donors (Lipinski definition) is 1. The van der Waals surface area contributed by atoms with Gasteiger partial charge in [-0.1, -0.05) is 58.4 Å². The van der Waals surface area contributed by atoms with Crippen LogP contribution in [-0.2, 0) is 16.0 Å². The number of nitrogens with zero attached hydrogens (tertiary/aromatic N) is 2. The number of rotatable bonds is 6. The second kappa shape index (κ2) is 9.38. The molecule has 0 aliphatic carbocycles. The highest BCUT2D eigenvalue weighted by Crippen LogP contribution is 2.40. The first-order valence-corrected chi connectivity index (χ1v) is 11.0. The molecule has 1 atom stereocenters. The van der Waals surface area contributed by atoms with Crippen molar-refractivity contribution in [2.45, 2.75) is 12.5 Å². The van der Waals surface area contributed by atoms with Crippen LogP contribution in [0.3, 0.4) is 0 Å². The van der Waals surface area contributed by atoms with Crippen LogP contribution >= 0.6 is 15.9 Å². The number of non-ortho nitro benzene ring substituents is 1. The van der Waals surface area contributed by atoms with Crippen molar-refractivity contribution in [1.82, 2.24) is 4.90 Å². The number of carbonyl (C=O) groups excluding carboxylic acids is 2. The van der Waals surface area contributed by atoms with Gasteiger partial charge in [0.2, 0.25) is 0 Å². The molecule has 0 aromatic heterocycles. The largest absolute Gasteiger partial charge is 0.507 e. The average molecular weight is 507 g/mol. The summed E-state index contributed by atoms with van der Waals surface area (Å²) in [6.45, 7) is 0.243. The Morgan fingerprint density at radius 2 is 1.61 bits per heavy atom. The maximum absolute atomic E-state index is 13.0. The minimum atomic E-state index is -0.863. The normalized spacial score (nSPS) is 17.4. The molecular weight excluding hydrogens is 488 g/mol. The van der Waals surface area contributed by atoms with Crippen LogP contribution in [0.5, 0.6) is 0 Å². The molecule has 0 radical (unpaired) electrons. The van der Waals surface area contributed by atoms with Crippen LogP contribution in [0, 0.1) is 10.1 Å². The molecule has 1 saturated heterocycles. The van der Waals surface area contributed by atoms with E-state index in [0.717, 1.165) is 10.0 Å². The number of aliphatic hydroxyl groups is 1. The monoisotopic (exact) mass is 506 g/mol. The maximum Gasteiger partial charge on any atom is 0.295 e. The zero-order valence-electron chi connectivity index (χ0n) is 17.3. The Labute approximate surface area is 198 Å². The molecule has 8 heteroatoms. The van der Waals surface area contributed by atoms with Gasteiger partial charge in [0.05, 0.1) is 16.5 Å². The number of nitro groups is 1. The minimum Gasteiger partial charge on any atom is -0.507 e. The highest BCUT2D eigenvalue weighted by atomic mass is 79.9. The van der Waals surface area contributed by atoms with Gasteiger partial charge in [-0.25, -0.2) is 0 Å². The van der Waals surface area contributed by atoms with E-state index < -0.39 is 22.7 Å². The third-order valence-electron chi connectivity index (χ3n) is 5.56. The van der Waals surface area contributed by atoms with Gasteiger partial charge in [0.15, 0.2) is 0 Å². The van der Waals surface area contributed by atoms with E-state index in [1.807, 2.05) is 30.3 Å². The van der Waals surface area contributed by atoms with Gasteiger partial charge >= 0.3 is 0 Å². The van der Waals surface area contributed by atoms with Crippen molar-refractivity contribution >= 4 is 39.1 Å². The molecule has 4 rings (SSSR count). The van der Waals surface area contributed by atoms with Crippen LogP contribution in [0.2, 0.25) is 0 Å². The molecule has 0 bridgehead atoms. The van der Waals surface area contributed by atoms with Crippen LogP contribution in [-0.4, -0.2) is 33.2 Å². The first kappa shape index (κ1) is 22.4. The molecule has 0 saturated carbocycles. The van der Waals surface area contributed by atoms with E-state index in [9.17, 15) is 24.8 Å². The molecule has 1 fully saturated rings. The molecule has 1 N–H and O–H groups in total. The second-order valence-corrected chi connectivity index (χ2v) is 8.50. The standard InChI is InChI=1S/C25H19BrN2O5/c26-19-10-6-18(7-11-19)23(29)21-22(17-8-12-20(13-9-17)28(32)33)27(25(31)24(21)30)15-14-16-4-2-1-3-5-16/h1-13,22,29H,14-15H2/b23-21+. The fraction of sp³-hybridized carbons (Fsp3) is 0.120. The van der Waals surface area contributed by atoms with Crippen LogP contribution < -0.4 is 0 Å². The molecule has 0 spiro atoms. The highest BCUT2D eigenvalue weighted by molar-refractivity contribution is 9.10. The summed E-state index contributed by atoms with van der Waals surface area (Å²) in [5, 5.41) is 22.1. The number of hydrogen-bond acceptors (Lipinski definition) is 5. The van der Waals surface area contributed by atoms with E-state index in [4.69, 9.17) is 0 Å². The zero-order chi connectivity index (χ0) is 23.5. The Kier molecular flexibility index (Phi) is 6.37. The molecule has 33 heavy (non-hydrogen) atoms. The number of aliphatic hydroxyl groups excluding tert-OH is 1. The number of carbonyl (C=O) groups is 2. The summed E-state index contributed by atoms with van der Waals surface area (Å²) < 4.78 is 0.800. The van der Waals surface area contributed by atoms with E-state index in [2.05, 4.69) is 15.9 Å². The van der Waals surface area contributed by atoms with E-state index in [1.54, 1.807) is 24.3 Å². The van der Waals surface area contributed by atoms with Crippen molar-refractivity contribution in [3.63, 3.8) is 0 Å². The van der Waals surface area contributed by atoms with Gasteiger partial charge < -0.3 is 10.0 Å². The maximum atomic E-state index is 13.0. The molecule has 1 heterocycles. The Bertz CT molecular complexity index is 1240. The lowest BCUT2D eigenvalue weighted by Gasteiger charge is -2.25. The SMILES string of the molecule is O=C1C(=O)N(CCc2ccccc2)C(c2ccc([N+](=O)[O-])cc2)/C1=C(\O)c1ccc(Br)cc1. The van der Waals surface area contributed by atoms with E-state index >= 15 is 0 Å². The van der Waals surface area contributed by atoms with E-state index in [-0.39, 0.29) is 23.6 Å². The molecule has 3 aromatic carbocycles. The van der Waals surface area contributed by atoms with Crippen LogP contribution in [0.15, 0.2) is 88.9 Å². The smallest absolute Gasteiger partial charge is 0.295 e. The van der Waals surface area contributed by atoms with Gasteiger partial charge in [0.25, 0.3) is 17.4 Å². The molecule has 3 aromatic rings. The summed E-state index contributed by atoms with van der Waals surface area (Å²) >= 11 is 3.34. The van der Waals surface area contributed by atoms with Crippen molar-refractivity contribution in [3.8, 4) is 0 Å². The summed E-state index contributed by atoms with van der Waals surface area (Å²) in [5.41, 5.74) is 1.75. The molecule has 1 unspecified atom stereocenters. The lowest BCUT2D eigenvalue weighted by Crippen LogP contribution is -2.31. The fourth-order valence-corrected chi connectivity index (χ4v) is 4.16. The molecule has 1 aliphatic heterocycles. The van der Waals surface area contributed by atoms with Gasteiger partial charge in [-0.15, -0.1) is 0 Å². The third-order valence-corrected chi connectivity index (χ3v) is 6.09.